The maximum atomic E-state index is 13.5. The molecule has 0 aliphatic carbocycles. The minimum absolute atomic E-state index is 0.0261. The Morgan fingerprint density at radius 2 is 1.36 bits per heavy atom. The molecular weight excluding hydrogens is 454 g/mol. The first kappa shape index (κ1) is 23.8. The van der Waals surface area contributed by atoms with Crippen LogP contribution in [0.5, 0.6) is 17.2 Å². The number of hydrogen-bond donors (Lipinski definition) is 1. The number of hydrogen-bond acceptors (Lipinski definition) is 5. The standard InChI is InChI=1S/C29H31N3O4/c1-34-24-19-22-18-23(30-25(22)28(36-3)27(24)35-2)29(33)32-16-14-31(15-17-32)26(20-10-6-4-7-11-20)21-12-8-5-9-13-21/h4-13,18-19,26,30H,14-17H2,1-3H3. The zero-order valence-corrected chi connectivity index (χ0v) is 20.9. The van der Waals surface area contributed by atoms with Crippen molar-refractivity contribution in [2.75, 3.05) is 47.5 Å². The predicted molar refractivity (Wildman–Crippen MR) is 140 cm³/mol. The van der Waals surface area contributed by atoms with Gasteiger partial charge in [0.05, 0.1) is 32.9 Å². The maximum Gasteiger partial charge on any atom is 0.270 e. The molecule has 1 N–H and O–H groups in total. The van der Waals surface area contributed by atoms with Gasteiger partial charge in [0, 0.05) is 31.6 Å². The number of benzene rings is 3. The molecule has 2 heterocycles. The highest BCUT2D eigenvalue weighted by molar-refractivity contribution is 6.01. The number of amides is 1. The summed E-state index contributed by atoms with van der Waals surface area (Å²) in [7, 11) is 4.73. The van der Waals surface area contributed by atoms with E-state index in [4.69, 9.17) is 14.2 Å². The second-order valence-electron chi connectivity index (χ2n) is 8.84. The number of carbonyl (C=O) groups is 1. The Hall–Kier alpha value is -3.97. The zero-order valence-electron chi connectivity index (χ0n) is 20.9. The van der Waals surface area contributed by atoms with Gasteiger partial charge >= 0.3 is 0 Å². The molecule has 1 amide bonds. The molecule has 0 atom stereocenters. The van der Waals surface area contributed by atoms with Crippen molar-refractivity contribution in [2.45, 2.75) is 6.04 Å². The SMILES string of the molecule is COc1cc2cc(C(=O)N3CCN(C(c4ccccc4)c4ccccc4)CC3)[nH]c2c(OC)c1OC. The van der Waals surface area contributed by atoms with Crippen molar-refractivity contribution in [2.24, 2.45) is 0 Å². The van der Waals surface area contributed by atoms with E-state index in [1.807, 2.05) is 29.2 Å². The lowest BCUT2D eigenvalue weighted by Gasteiger charge is -2.39. The number of H-pyrrole nitrogens is 1. The number of ether oxygens (including phenoxy) is 3. The molecule has 1 aromatic heterocycles. The number of carbonyl (C=O) groups excluding carboxylic acids is 1. The first-order valence-corrected chi connectivity index (χ1v) is 12.1. The molecule has 5 rings (SSSR count). The Morgan fingerprint density at radius 1 is 0.778 bits per heavy atom. The Bertz CT molecular complexity index is 1290. The molecule has 1 aliphatic rings. The molecule has 0 unspecified atom stereocenters. The van der Waals surface area contributed by atoms with E-state index in [9.17, 15) is 4.79 Å². The van der Waals surface area contributed by atoms with Crippen molar-refractivity contribution in [1.29, 1.82) is 0 Å². The van der Waals surface area contributed by atoms with E-state index in [2.05, 4.69) is 58.4 Å². The average Bonchev–Trinajstić information content (AvgIpc) is 3.37. The minimum Gasteiger partial charge on any atom is -0.493 e. The molecule has 0 saturated carbocycles. The fourth-order valence-corrected chi connectivity index (χ4v) is 5.10. The number of piperazine rings is 1. The Morgan fingerprint density at radius 3 is 1.89 bits per heavy atom. The molecule has 1 fully saturated rings. The number of fused-ring (bicyclic) bond motifs is 1. The fourth-order valence-electron chi connectivity index (χ4n) is 5.10. The second-order valence-corrected chi connectivity index (χ2v) is 8.84. The van der Waals surface area contributed by atoms with Gasteiger partial charge in [-0.3, -0.25) is 9.69 Å². The fraction of sp³-hybridized carbons (Fsp3) is 0.276. The summed E-state index contributed by atoms with van der Waals surface area (Å²) in [6.07, 6.45) is 0. The first-order valence-electron chi connectivity index (χ1n) is 12.1. The predicted octanol–water partition coefficient (Wildman–Crippen LogP) is 4.74. The van der Waals surface area contributed by atoms with E-state index in [0.29, 0.717) is 41.5 Å². The number of nitrogens with zero attached hydrogens (tertiary/aromatic N) is 2. The van der Waals surface area contributed by atoms with Gasteiger partial charge in [-0.15, -0.1) is 0 Å². The summed E-state index contributed by atoms with van der Waals surface area (Å²) < 4.78 is 16.5. The topological polar surface area (TPSA) is 67.0 Å². The molecule has 36 heavy (non-hydrogen) atoms. The lowest BCUT2D eigenvalue weighted by Crippen LogP contribution is -2.50. The average molecular weight is 486 g/mol. The van der Waals surface area contributed by atoms with Crippen LogP contribution >= 0.6 is 0 Å². The van der Waals surface area contributed by atoms with E-state index < -0.39 is 0 Å². The Kier molecular flexibility index (Phi) is 6.82. The van der Waals surface area contributed by atoms with Crippen LogP contribution in [0.25, 0.3) is 10.9 Å². The lowest BCUT2D eigenvalue weighted by molar-refractivity contribution is 0.0592. The molecular formula is C29H31N3O4. The minimum atomic E-state index is -0.0261. The molecule has 3 aromatic carbocycles. The van der Waals surface area contributed by atoms with Crippen molar-refractivity contribution >= 4 is 16.8 Å². The summed E-state index contributed by atoms with van der Waals surface area (Å²) in [5.41, 5.74) is 3.75. The number of nitrogens with one attached hydrogen (secondary N) is 1. The van der Waals surface area contributed by atoms with Crippen LogP contribution in [0.1, 0.15) is 27.7 Å². The third-order valence-electron chi connectivity index (χ3n) is 6.85. The number of rotatable bonds is 7. The highest BCUT2D eigenvalue weighted by atomic mass is 16.5. The van der Waals surface area contributed by atoms with Crippen LogP contribution < -0.4 is 14.2 Å². The van der Waals surface area contributed by atoms with Crippen LogP contribution in [0.4, 0.5) is 0 Å². The molecule has 7 heteroatoms. The smallest absolute Gasteiger partial charge is 0.270 e. The normalized spacial score (nSPS) is 14.3. The molecule has 0 bridgehead atoms. The van der Waals surface area contributed by atoms with Gasteiger partial charge in [-0.2, -0.15) is 0 Å². The van der Waals surface area contributed by atoms with Crippen LogP contribution in [-0.2, 0) is 0 Å². The monoisotopic (exact) mass is 485 g/mol. The van der Waals surface area contributed by atoms with Gasteiger partial charge in [0.2, 0.25) is 5.75 Å². The van der Waals surface area contributed by atoms with E-state index >= 15 is 0 Å². The molecule has 1 aliphatic heterocycles. The van der Waals surface area contributed by atoms with Gasteiger partial charge in [0.15, 0.2) is 11.5 Å². The third kappa shape index (κ3) is 4.38. The summed E-state index contributed by atoms with van der Waals surface area (Å²) in [5.74, 6) is 1.54. The summed E-state index contributed by atoms with van der Waals surface area (Å²) in [5, 5.41) is 0.833. The first-order chi connectivity index (χ1) is 17.6. The van der Waals surface area contributed by atoms with E-state index in [1.165, 1.54) is 11.1 Å². The maximum absolute atomic E-state index is 13.5. The molecule has 186 valence electrons. The molecule has 7 nitrogen and oxygen atoms in total. The van der Waals surface area contributed by atoms with Crippen molar-refractivity contribution in [3.8, 4) is 17.2 Å². The second kappa shape index (κ2) is 10.3. The number of aromatic nitrogens is 1. The van der Waals surface area contributed by atoms with Gasteiger partial charge < -0.3 is 24.1 Å². The third-order valence-corrected chi connectivity index (χ3v) is 6.85. The van der Waals surface area contributed by atoms with E-state index in [0.717, 1.165) is 18.5 Å². The van der Waals surface area contributed by atoms with Gasteiger partial charge in [-0.1, -0.05) is 60.7 Å². The van der Waals surface area contributed by atoms with Crippen molar-refractivity contribution in [3.05, 3.63) is 89.6 Å². The van der Waals surface area contributed by atoms with Crippen molar-refractivity contribution in [3.63, 3.8) is 0 Å². The van der Waals surface area contributed by atoms with Crippen LogP contribution in [-0.4, -0.2) is 68.2 Å². The highest BCUT2D eigenvalue weighted by Crippen LogP contribution is 2.43. The van der Waals surface area contributed by atoms with Crippen LogP contribution in [0.2, 0.25) is 0 Å². The Balaban J connectivity index is 1.37. The van der Waals surface area contributed by atoms with Crippen LogP contribution in [0, 0.1) is 0 Å². The van der Waals surface area contributed by atoms with Crippen LogP contribution in [0.15, 0.2) is 72.8 Å². The van der Waals surface area contributed by atoms with Gasteiger partial charge in [0.25, 0.3) is 5.91 Å². The number of aromatic amines is 1. The lowest BCUT2D eigenvalue weighted by atomic mass is 9.96. The number of methoxy groups -OCH3 is 3. The summed E-state index contributed by atoms with van der Waals surface area (Å²) >= 11 is 0. The summed E-state index contributed by atoms with van der Waals surface area (Å²) in [6, 6.07) is 25.0. The molecule has 0 radical (unpaired) electrons. The highest BCUT2D eigenvalue weighted by Gasteiger charge is 2.29. The quantitative estimate of drug-likeness (QED) is 0.410. The Labute approximate surface area is 211 Å². The van der Waals surface area contributed by atoms with Gasteiger partial charge in [-0.25, -0.2) is 0 Å². The zero-order chi connectivity index (χ0) is 25.1. The van der Waals surface area contributed by atoms with E-state index in [-0.39, 0.29) is 11.9 Å². The molecule has 4 aromatic rings. The van der Waals surface area contributed by atoms with Crippen molar-refractivity contribution in [1.82, 2.24) is 14.8 Å². The summed E-state index contributed by atoms with van der Waals surface area (Å²) in [6.45, 7) is 2.86. The van der Waals surface area contributed by atoms with Crippen LogP contribution in [0.3, 0.4) is 0 Å². The van der Waals surface area contributed by atoms with Crippen molar-refractivity contribution < 1.29 is 19.0 Å². The van der Waals surface area contributed by atoms with Gasteiger partial charge in [0.1, 0.15) is 5.69 Å². The van der Waals surface area contributed by atoms with E-state index in [1.54, 1.807) is 21.3 Å². The largest absolute Gasteiger partial charge is 0.493 e. The summed E-state index contributed by atoms with van der Waals surface area (Å²) in [4.78, 5) is 21.1. The molecule has 1 saturated heterocycles. The molecule has 0 spiro atoms. The van der Waals surface area contributed by atoms with Gasteiger partial charge in [-0.05, 0) is 23.3 Å².